The van der Waals surface area contributed by atoms with E-state index in [1.54, 1.807) is 7.11 Å². The summed E-state index contributed by atoms with van der Waals surface area (Å²) in [4.78, 5) is 0. The second kappa shape index (κ2) is 6.81. The predicted molar refractivity (Wildman–Crippen MR) is 79.4 cm³/mol. The number of unbranched alkanes of at least 4 members (excludes halogenated alkanes) is 1. The molecular formula is C15H22ClNO. The number of hydrogen-bond donors (Lipinski definition) is 1. The van der Waals surface area contributed by atoms with Crippen LogP contribution < -0.4 is 10.5 Å². The Labute approximate surface area is 115 Å². The highest BCUT2D eigenvalue weighted by molar-refractivity contribution is 6.32. The largest absolute Gasteiger partial charge is 0.496 e. The van der Waals surface area contributed by atoms with Crippen molar-refractivity contribution >= 4 is 17.2 Å². The SMILES string of the molecule is COc1cc(C)c(Cl)c(C)c1/C(C)=C/CCCN. The van der Waals surface area contributed by atoms with Gasteiger partial charge in [0.05, 0.1) is 7.11 Å². The highest BCUT2D eigenvalue weighted by Crippen LogP contribution is 2.36. The van der Waals surface area contributed by atoms with Crippen LogP contribution in [0.15, 0.2) is 12.1 Å². The monoisotopic (exact) mass is 267 g/mol. The second-order valence-electron chi connectivity index (χ2n) is 4.53. The van der Waals surface area contributed by atoms with E-state index in [1.165, 1.54) is 5.57 Å². The molecule has 0 fully saturated rings. The summed E-state index contributed by atoms with van der Waals surface area (Å²) in [6.07, 6.45) is 4.18. The Morgan fingerprint density at radius 3 is 2.67 bits per heavy atom. The summed E-state index contributed by atoms with van der Waals surface area (Å²) >= 11 is 6.31. The van der Waals surface area contributed by atoms with Gasteiger partial charge < -0.3 is 10.5 Å². The number of nitrogens with two attached hydrogens (primary N) is 1. The molecule has 0 unspecified atom stereocenters. The van der Waals surface area contributed by atoms with Crippen LogP contribution in [0.1, 0.15) is 36.5 Å². The van der Waals surface area contributed by atoms with Crippen molar-refractivity contribution in [2.45, 2.75) is 33.6 Å². The third kappa shape index (κ3) is 3.27. The molecule has 1 aromatic rings. The maximum absolute atomic E-state index is 6.31. The van der Waals surface area contributed by atoms with E-state index >= 15 is 0 Å². The molecule has 18 heavy (non-hydrogen) atoms. The van der Waals surface area contributed by atoms with Crippen LogP contribution in [-0.4, -0.2) is 13.7 Å². The molecule has 1 aromatic carbocycles. The van der Waals surface area contributed by atoms with Gasteiger partial charge in [-0.2, -0.15) is 0 Å². The normalized spacial score (nSPS) is 11.8. The summed E-state index contributed by atoms with van der Waals surface area (Å²) in [7, 11) is 1.69. The topological polar surface area (TPSA) is 35.2 Å². The third-order valence-electron chi connectivity index (χ3n) is 3.12. The minimum absolute atomic E-state index is 0.717. The molecule has 0 saturated carbocycles. The van der Waals surface area contributed by atoms with Crippen molar-refractivity contribution in [3.8, 4) is 5.75 Å². The first kappa shape index (κ1) is 15.1. The van der Waals surface area contributed by atoms with E-state index in [2.05, 4.69) is 13.0 Å². The first-order valence-corrected chi connectivity index (χ1v) is 6.61. The number of allylic oxidation sites excluding steroid dienone is 2. The maximum Gasteiger partial charge on any atom is 0.126 e. The summed E-state index contributed by atoms with van der Waals surface area (Å²) in [5.74, 6) is 0.885. The first-order chi connectivity index (χ1) is 8.52. The van der Waals surface area contributed by atoms with Gasteiger partial charge in [0.1, 0.15) is 5.75 Å². The molecule has 0 amide bonds. The highest BCUT2D eigenvalue weighted by atomic mass is 35.5. The van der Waals surface area contributed by atoms with Gasteiger partial charge >= 0.3 is 0 Å². The molecule has 0 aliphatic heterocycles. The van der Waals surface area contributed by atoms with Gasteiger partial charge in [0.25, 0.3) is 0 Å². The molecule has 2 N–H and O–H groups in total. The average molecular weight is 268 g/mol. The van der Waals surface area contributed by atoms with Crippen molar-refractivity contribution in [3.63, 3.8) is 0 Å². The van der Waals surface area contributed by atoms with Crippen molar-refractivity contribution < 1.29 is 4.74 Å². The zero-order valence-electron chi connectivity index (χ0n) is 11.6. The van der Waals surface area contributed by atoms with E-state index in [9.17, 15) is 0 Å². The number of ether oxygens (including phenoxy) is 1. The van der Waals surface area contributed by atoms with Crippen molar-refractivity contribution in [1.82, 2.24) is 0 Å². The fraction of sp³-hybridized carbons (Fsp3) is 0.467. The van der Waals surface area contributed by atoms with E-state index in [0.717, 1.165) is 40.3 Å². The average Bonchev–Trinajstić information content (AvgIpc) is 2.35. The quantitative estimate of drug-likeness (QED) is 0.815. The number of benzene rings is 1. The lowest BCUT2D eigenvalue weighted by molar-refractivity contribution is 0.413. The van der Waals surface area contributed by atoms with E-state index in [0.29, 0.717) is 6.54 Å². The Balaban J connectivity index is 3.21. The van der Waals surface area contributed by atoms with Crippen LogP contribution in [0.4, 0.5) is 0 Å². The Kier molecular flexibility index (Phi) is 5.70. The molecule has 0 aliphatic rings. The molecular weight excluding hydrogens is 246 g/mol. The summed E-state index contributed by atoms with van der Waals surface area (Å²) in [5.41, 5.74) is 9.93. The first-order valence-electron chi connectivity index (χ1n) is 6.23. The molecule has 0 aliphatic carbocycles. The lowest BCUT2D eigenvalue weighted by atomic mass is 9.97. The van der Waals surface area contributed by atoms with Crippen LogP contribution in [0.25, 0.3) is 5.57 Å². The molecule has 0 heterocycles. The Morgan fingerprint density at radius 1 is 1.44 bits per heavy atom. The number of rotatable bonds is 5. The fourth-order valence-corrected chi connectivity index (χ4v) is 2.26. The van der Waals surface area contributed by atoms with Crippen LogP contribution in [0.3, 0.4) is 0 Å². The maximum atomic E-state index is 6.31. The summed E-state index contributed by atoms with van der Waals surface area (Å²) in [6, 6.07) is 1.99. The number of hydrogen-bond acceptors (Lipinski definition) is 2. The van der Waals surface area contributed by atoms with Gasteiger partial charge in [-0.15, -0.1) is 0 Å². The molecule has 3 heteroatoms. The van der Waals surface area contributed by atoms with Crippen molar-refractivity contribution in [2.24, 2.45) is 5.73 Å². The highest BCUT2D eigenvalue weighted by Gasteiger charge is 2.13. The molecule has 100 valence electrons. The van der Waals surface area contributed by atoms with Crippen molar-refractivity contribution in [1.29, 1.82) is 0 Å². The van der Waals surface area contributed by atoms with Gasteiger partial charge in [-0.25, -0.2) is 0 Å². The Bertz CT molecular complexity index is 452. The fourth-order valence-electron chi connectivity index (χ4n) is 2.11. The van der Waals surface area contributed by atoms with E-state index in [-0.39, 0.29) is 0 Å². The van der Waals surface area contributed by atoms with E-state index in [4.69, 9.17) is 22.1 Å². The summed E-state index contributed by atoms with van der Waals surface area (Å²) in [5, 5.41) is 0.817. The van der Waals surface area contributed by atoms with Gasteiger partial charge in [0.2, 0.25) is 0 Å². The lowest BCUT2D eigenvalue weighted by Crippen LogP contribution is -1.98. The molecule has 2 nitrogen and oxygen atoms in total. The Hall–Kier alpha value is -0.990. The molecule has 0 bridgehead atoms. The van der Waals surface area contributed by atoms with E-state index < -0.39 is 0 Å². The molecule has 0 radical (unpaired) electrons. The van der Waals surface area contributed by atoms with Crippen molar-refractivity contribution in [2.75, 3.05) is 13.7 Å². The number of aryl methyl sites for hydroxylation is 1. The molecule has 0 spiro atoms. The van der Waals surface area contributed by atoms with Crippen LogP contribution in [0.2, 0.25) is 5.02 Å². The van der Waals surface area contributed by atoms with Gasteiger partial charge in [0.15, 0.2) is 0 Å². The lowest BCUT2D eigenvalue weighted by Gasteiger charge is -2.15. The summed E-state index contributed by atoms with van der Waals surface area (Å²) < 4.78 is 5.47. The van der Waals surface area contributed by atoms with Gasteiger partial charge in [-0.3, -0.25) is 0 Å². The van der Waals surface area contributed by atoms with Gasteiger partial charge in [-0.1, -0.05) is 17.7 Å². The van der Waals surface area contributed by atoms with Gasteiger partial charge in [0, 0.05) is 10.6 Å². The number of methoxy groups -OCH3 is 1. The van der Waals surface area contributed by atoms with E-state index in [1.807, 2.05) is 19.9 Å². The van der Waals surface area contributed by atoms with Crippen LogP contribution >= 0.6 is 11.6 Å². The second-order valence-corrected chi connectivity index (χ2v) is 4.91. The zero-order chi connectivity index (χ0) is 13.7. The number of halogens is 1. The smallest absolute Gasteiger partial charge is 0.126 e. The Morgan fingerprint density at radius 2 is 2.11 bits per heavy atom. The zero-order valence-corrected chi connectivity index (χ0v) is 12.4. The summed E-state index contributed by atoms with van der Waals surface area (Å²) in [6.45, 7) is 6.84. The van der Waals surface area contributed by atoms with Crippen LogP contribution in [-0.2, 0) is 0 Å². The minimum Gasteiger partial charge on any atom is -0.496 e. The van der Waals surface area contributed by atoms with Crippen LogP contribution in [0, 0.1) is 13.8 Å². The molecule has 1 rings (SSSR count). The predicted octanol–water partition coefficient (Wildman–Crippen LogP) is 4.11. The van der Waals surface area contributed by atoms with Crippen LogP contribution in [0.5, 0.6) is 5.75 Å². The standard InChI is InChI=1S/C15H22ClNO/c1-10(7-5-6-8-17)14-12(3)15(16)11(2)9-13(14)18-4/h7,9H,5-6,8,17H2,1-4H3/b10-7+. The molecule has 0 atom stereocenters. The molecule has 0 saturated heterocycles. The van der Waals surface area contributed by atoms with Gasteiger partial charge in [-0.05, 0) is 62.9 Å². The molecule has 0 aromatic heterocycles. The third-order valence-corrected chi connectivity index (χ3v) is 3.70. The van der Waals surface area contributed by atoms with Crippen molar-refractivity contribution in [3.05, 3.63) is 33.9 Å². The minimum atomic E-state index is 0.717.